The van der Waals surface area contributed by atoms with Crippen molar-refractivity contribution >= 4 is 16.3 Å². The van der Waals surface area contributed by atoms with Crippen LogP contribution in [0.25, 0.3) is 22.3 Å². The van der Waals surface area contributed by atoms with Crippen molar-refractivity contribution < 1.29 is 39.8 Å². The molecule has 4 nitrogen and oxygen atoms in total. The fourth-order valence-corrected chi connectivity index (χ4v) is 5.16. The van der Waals surface area contributed by atoms with Crippen LogP contribution in [-0.2, 0) is 32.8 Å². The van der Waals surface area contributed by atoms with E-state index >= 15 is 0 Å². The summed E-state index contributed by atoms with van der Waals surface area (Å²) in [7, 11) is 0. The maximum atomic E-state index is 10.2. The van der Waals surface area contributed by atoms with Gasteiger partial charge in [0.05, 0.1) is 11.1 Å². The van der Waals surface area contributed by atoms with Gasteiger partial charge >= 0.3 is 43.1 Å². The van der Waals surface area contributed by atoms with Gasteiger partial charge in [0.1, 0.15) is 0 Å². The van der Waals surface area contributed by atoms with Crippen molar-refractivity contribution in [1.29, 1.82) is 0 Å². The first kappa shape index (κ1) is 34.7. The van der Waals surface area contributed by atoms with Crippen LogP contribution in [0, 0.1) is 12.1 Å². The van der Waals surface area contributed by atoms with Crippen LogP contribution in [0.5, 0.6) is 0 Å². The van der Waals surface area contributed by atoms with Crippen LogP contribution in [0.4, 0.5) is 0 Å². The number of benzene rings is 6. The van der Waals surface area contributed by atoms with Gasteiger partial charge < -0.3 is 10.2 Å². The van der Waals surface area contributed by atoms with Crippen LogP contribution in [0.2, 0.25) is 0 Å². The molecule has 5 heteroatoms. The average Bonchev–Trinajstić information content (AvgIpc) is 3.69. The minimum atomic E-state index is -0.879. The topological polar surface area (TPSA) is 74.6 Å². The first-order valence-electron chi connectivity index (χ1n) is 15.1. The Bertz CT molecular complexity index is 1690. The summed E-state index contributed by atoms with van der Waals surface area (Å²) in [6.45, 7) is 2.00. The van der Waals surface area contributed by atoms with Crippen LogP contribution in [0.3, 0.4) is 0 Å². The zero-order valence-corrected chi connectivity index (χ0v) is 27.6. The molecule has 0 saturated heterocycles. The van der Waals surface area contributed by atoms with Crippen LogP contribution < -0.4 is 0 Å². The third kappa shape index (κ3) is 9.91. The van der Waals surface area contributed by atoms with Gasteiger partial charge in [-0.15, -0.1) is 11.1 Å². The van der Waals surface area contributed by atoms with Gasteiger partial charge in [0.2, 0.25) is 0 Å². The zero-order chi connectivity index (χ0) is 33.4. The third-order valence-electron chi connectivity index (χ3n) is 7.27. The smallest absolute Gasteiger partial charge is 0.335 e. The molecule has 0 atom stereocenters. The summed E-state index contributed by atoms with van der Waals surface area (Å²) in [5.74, 6) is -1.76. The molecule has 6 aromatic carbocycles. The molecule has 0 heterocycles. The first-order valence-corrected chi connectivity index (χ1v) is 16.0. The normalized spacial score (nSPS) is 10.5. The molecular formula is C42H34O4Ti. The molecule has 0 saturated carbocycles. The molecule has 230 valence electrons. The third-order valence-corrected chi connectivity index (χ3v) is 7.27. The molecule has 0 aromatic heterocycles. The fraction of sp³-hybridized carbons (Fsp3) is 0.0714. The van der Waals surface area contributed by atoms with Gasteiger partial charge in [-0.3, -0.25) is 0 Å². The largest absolute Gasteiger partial charge is 0.478 e. The van der Waals surface area contributed by atoms with Crippen LogP contribution >= 0.6 is 0 Å². The van der Waals surface area contributed by atoms with E-state index in [0.717, 1.165) is 12.8 Å². The van der Waals surface area contributed by atoms with Crippen molar-refractivity contribution in [1.82, 2.24) is 0 Å². The average molecular weight is 651 g/mol. The molecule has 0 spiro atoms. The SMILES string of the molecule is C[CH]=[Ti+2].O=C(O)c1ccccc1.O=C(O)c1ccccc1.[c-]1cccc2c1Cc1ccccc1-2.[c-]1cccc2c1Cc1ccccc1-2. The second kappa shape index (κ2) is 18.1. The van der Waals surface area contributed by atoms with E-state index in [-0.39, 0.29) is 0 Å². The molecule has 2 aliphatic carbocycles. The molecule has 0 unspecified atom stereocenters. The number of carboxylic acid groups (broad SMARTS) is 2. The van der Waals surface area contributed by atoms with Gasteiger partial charge in [-0.1, -0.05) is 107 Å². The summed E-state index contributed by atoms with van der Waals surface area (Å²) >= 11 is 2.00. The van der Waals surface area contributed by atoms with Crippen LogP contribution in [0.1, 0.15) is 49.9 Å². The fourth-order valence-electron chi connectivity index (χ4n) is 5.16. The van der Waals surface area contributed by atoms with E-state index in [9.17, 15) is 9.59 Å². The molecule has 0 bridgehead atoms. The van der Waals surface area contributed by atoms with Gasteiger partial charge in [0.15, 0.2) is 0 Å². The van der Waals surface area contributed by atoms with E-state index in [1.165, 1.54) is 44.5 Å². The molecule has 8 rings (SSSR count). The Hall–Kier alpha value is -5.16. The Morgan fingerprint density at radius 1 is 0.532 bits per heavy atom. The summed E-state index contributed by atoms with van der Waals surface area (Å²) < 4.78 is 2.00. The molecule has 0 fully saturated rings. The second-order valence-corrected chi connectivity index (χ2v) is 11.3. The molecule has 6 aromatic rings. The van der Waals surface area contributed by atoms with Crippen LogP contribution in [-0.4, -0.2) is 26.5 Å². The number of carbonyl (C=O) groups is 2. The number of rotatable bonds is 2. The monoisotopic (exact) mass is 650 g/mol. The molecule has 0 aliphatic heterocycles. The van der Waals surface area contributed by atoms with E-state index in [1.54, 1.807) is 60.7 Å². The standard InChI is InChI=1S/2C13H9.2C7H6O2.C2H4.Ti/c2*1-3-7-12-10(5-1)9-11-6-2-4-8-13(11)12;2*8-7(9)6-4-2-1-3-5-6;1-2;/h2*1-5,7-8H,9H2;2*1-5H,(H,8,9);1H,2H3;/q2*-1;;;;+2. The maximum Gasteiger partial charge on any atom is 0.335 e. The molecule has 47 heavy (non-hydrogen) atoms. The quantitative estimate of drug-likeness (QED) is 0.145. The molecule has 2 N–H and O–H groups in total. The van der Waals surface area contributed by atoms with Crippen molar-refractivity contribution in [2.75, 3.05) is 0 Å². The Morgan fingerprint density at radius 2 is 0.851 bits per heavy atom. The van der Waals surface area contributed by atoms with E-state index in [1.807, 2.05) is 43.3 Å². The van der Waals surface area contributed by atoms with E-state index in [2.05, 4.69) is 84.9 Å². The van der Waals surface area contributed by atoms with Crippen molar-refractivity contribution in [2.45, 2.75) is 19.8 Å². The molecular weight excluding hydrogens is 616 g/mol. The van der Waals surface area contributed by atoms with Crippen molar-refractivity contribution in [3.8, 4) is 22.3 Å². The van der Waals surface area contributed by atoms with Crippen molar-refractivity contribution in [3.63, 3.8) is 0 Å². The summed E-state index contributed by atoms with van der Waals surface area (Å²) in [6.07, 6.45) is 2.10. The number of aromatic carboxylic acids is 2. The number of hydrogen-bond acceptors (Lipinski definition) is 2. The van der Waals surface area contributed by atoms with Gasteiger partial charge in [-0.05, 0) is 37.1 Å². The first-order chi connectivity index (χ1) is 22.9. The zero-order valence-electron chi connectivity index (χ0n) is 26.1. The Kier molecular flexibility index (Phi) is 13.4. The number of fused-ring (bicyclic) bond motifs is 6. The van der Waals surface area contributed by atoms with Gasteiger partial charge in [0, 0.05) is 0 Å². The Balaban J connectivity index is 0.000000140. The Labute approximate surface area is 287 Å². The molecule has 0 amide bonds. The minimum Gasteiger partial charge on any atom is -0.478 e. The van der Waals surface area contributed by atoms with E-state index in [4.69, 9.17) is 10.2 Å². The predicted molar refractivity (Wildman–Crippen MR) is 186 cm³/mol. The summed E-state index contributed by atoms with van der Waals surface area (Å²) in [6, 6.07) is 52.8. The van der Waals surface area contributed by atoms with E-state index < -0.39 is 11.9 Å². The number of carboxylic acids is 2. The van der Waals surface area contributed by atoms with Crippen LogP contribution in [0.15, 0.2) is 146 Å². The summed E-state index contributed by atoms with van der Waals surface area (Å²) in [5, 5.41) is 16.8. The second-order valence-electron chi connectivity index (χ2n) is 10.4. The molecule has 2 aliphatic rings. The predicted octanol–water partition coefficient (Wildman–Crippen LogP) is 9.24. The van der Waals surface area contributed by atoms with E-state index in [0.29, 0.717) is 11.1 Å². The Morgan fingerprint density at radius 3 is 1.19 bits per heavy atom. The van der Waals surface area contributed by atoms with Gasteiger partial charge in [-0.25, -0.2) is 9.59 Å². The summed E-state index contributed by atoms with van der Waals surface area (Å²) in [4.78, 5) is 20.4. The number of hydrogen-bond donors (Lipinski definition) is 2. The van der Waals surface area contributed by atoms with Crippen molar-refractivity contribution in [3.05, 3.63) is 191 Å². The maximum absolute atomic E-state index is 10.2. The minimum absolute atomic E-state index is 0.331. The van der Waals surface area contributed by atoms with Crippen molar-refractivity contribution in [2.24, 2.45) is 0 Å². The molecule has 0 radical (unpaired) electrons. The van der Waals surface area contributed by atoms with Gasteiger partial charge in [0.25, 0.3) is 0 Å². The van der Waals surface area contributed by atoms with Gasteiger partial charge in [-0.2, -0.15) is 59.7 Å². The summed E-state index contributed by atoms with van der Waals surface area (Å²) in [5.41, 5.74) is 11.7.